The minimum atomic E-state index is 0.00677. The van der Waals surface area contributed by atoms with Crippen LogP contribution in [0.2, 0.25) is 0 Å². The molecule has 21 heavy (non-hydrogen) atoms. The van der Waals surface area contributed by atoms with Gasteiger partial charge < -0.3 is 21.2 Å². The lowest BCUT2D eigenvalue weighted by atomic mass is 10.2. The summed E-state index contributed by atoms with van der Waals surface area (Å²) in [5, 5.41) is 5.77. The topological polar surface area (TPSA) is 102 Å². The number of unbranched alkanes of at least 4 members (excludes halogenated alkanes) is 2. The number of thiazole rings is 1. The van der Waals surface area contributed by atoms with Gasteiger partial charge in [0.1, 0.15) is 11.5 Å². The predicted octanol–water partition coefficient (Wildman–Crippen LogP) is 2.59. The van der Waals surface area contributed by atoms with Crippen molar-refractivity contribution in [3.63, 3.8) is 0 Å². The highest BCUT2D eigenvalue weighted by Crippen LogP contribution is 2.27. The van der Waals surface area contributed by atoms with Crippen molar-refractivity contribution in [2.75, 3.05) is 6.54 Å². The summed E-state index contributed by atoms with van der Waals surface area (Å²) in [6.45, 7) is 3.94. The molecule has 2 rings (SSSR count). The monoisotopic (exact) mass is 307 g/mol. The van der Waals surface area contributed by atoms with E-state index in [2.05, 4.69) is 22.2 Å². The van der Waals surface area contributed by atoms with E-state index in [1.54, 1.807) is 0 Å². The largest absolute Gasteiger partial charge is 0.458 e. The maximum absolute atomic E-state index is 5.77. The van der Waals surface area contributed by atoms with Crippen molar-refractivity contribution >= 4 is 22.4 Å². The van der Waals surface area contributed by atoms with E-state index in [9.17, 15) is 0 Å². The molecule has 7 heteroatoms. The van der Waals surface area contributed by atoms with E-state index in [4.69, 9.17) is 15.9 Å². The van der Waals surface area contributed by atoms with Crippen LogP contribution in [0.15, 0.2) is 26.9 Å². The molecule has 6 nitrogen and oxygen atoms in total. The van der Waals surface area contributed by atoms with Crippen LogP contribution >= 0.6 is 11.3 Å². The molecule has 0 aliphatic rings. The Kier molecular flexibility index (Phi) is 5.77. The number of nitrogens with one attached hydrogen (secondary N) is 1. The number of hydrogen-bond donors (Lipinski definition) is 3. The number of nitrogens with two attached hydrogens (primary N) is 2. The van der Waals surface area contributed by atoms with Crippen molar-refractivity contribution < 1.29 is 4.42 Å². The summed E-state index contributed by atoms with van der Waals surface area (Å²) >= 11 is 1.37. The third-order valence-electron chi connectivity index (χ3n) is 2.89. The number of aliphatic imine (C=N–C) groups is 1. The maximum Gasteiger partial charge on any atom is 0.212 e. The molecule has 114 valence electrons. The summed E-state index contributed by atoms with van der Waals surface area (Å²) in [6, 6.07) is 3.87. The van der Waals surface area contributed by atoms with Gasteiger partial charge in [-0.2, -0.15) is 4.99 Å². The summed E-state index contributed by atoms with van der Waals surface area (Å²) in [6.07, 6.45) is 3.68. The lowest BCUT2D eigenvalue weighted by Crippen LogP contribution is -2.21. The zero-order valence-corrected chi connectivity index (χ0v) is 12.9. The van der Waals surface area contributed by atoms with Gasteiger partial charge in [0.2, 0.25) is 5.13 Å². The van der Waals surface area contributed by atoms with Gasteiger partial charge in [-0.3, -0.25) is 0 Å². The summed E-state index contributed by atoms with van der Waals surface area (Å²) in [5.41, 5.74) is 11.4. The molecule has 0 saturated carbocycles. The molecule has 0 atom stereocenters. The highest BCUT2D eigenvalue weighted by atomic mass is 32.1. The molecule has 0 aliphatic heterocycles. The Bertz CT molecular complexity index is 586. The van der Waals surface area contributed by atoms with Crippen molar-refractivity contribution in [3.05, 3.63) is 23.3 Å². The van der Waals surface area contributed by atoms with Crippen LogP contribution in [0.5, 0.6) is 0 Å². The number of hydrogen-bond acceptors (Lipinski definition) is 5. The van der Waals surface area contributed by atoms with Crippen LogP contribution in [0.1, 0.15) is 31.9 Å². The molecule has 0 saturated heterocycles. The lowest BCUT2D eigenvalue weighted by Gasteiger charge is -2.01. The molecule has 2 aromatic rings. The fraction of sp³-hybridized carbons (Fsp3) is 0.429. The second kappa shape index (κ2) is 7.80. The second-order valence-electron chi connectivity index (χ2n) is 4.70. The quantitative estimate of drug-likeness (QED) is 0.395. The molecule has 0 spiro atoms. The first-order valence-corrected chi connectivity index (χ1v) is 7.92. The van der Waals surface area contributed by atoms with E-state index < -0.39 is 0 Å². The molecule has 0 unspecified atom stereocenters. The lowest BCUT2D eigenvalue weighted by molar-refractivity contribution is 0.487. The van der Waals surface area contributed by atoms with Crippen LogP contribution in [-0.2, 0) is 6.54 Å². The van der Waals surface area contributed by atoms with E-state index in [1.165, 1.54) is 30.6 Å². The fourth-order valence-electron chi connectivity index (χ4n) is 1.86. The number of furan rings is 1. The van der Waals surface area contributed by atoms with E-state index in [0.717, 1.165) is 30.3 Å². The van der Waals surface area contributed by atoms with Crippen molar-refractivity contribution in [3.8, 4) is 11.5 Å². The van der Waals surface area contributed by atoms with E-state index in [0.29, 0.717) is 5.13 Å². The molecule has 0 aliphatic carbocycles. The van der Waals surface area contributed by atoms with Gasteiger partial charge in [0, 0.05) is 5.38 Å². The Hall–Kier alpha value is -1.86. The van der Waals surface area contributed by atoms with Gasteiger partial charge in [0.05, 0.1) is 6.54 Å². The SMILES string of the molecule is CCCCCNCc1ccc(-c2csc(N=C(N)N)n2)o1. The average Bonchev–Trinajstić information content (AvgIpc) is 3.07. The number of nitrogens with zero attached hydrogens (tertiary/aromatic N) is 2. The molecular weight excluding hydrogens is 286 g/mol. The summed E-state index contributed by atoms with van der Waals surface area (Å²) in [7, 11) is 0. The van der Waals surface area contributed by atoms with Gasteiger partial charge in [-0.25, -0.2) is 4.98 Å². The third-order valence-corrected chi connectivity index (χ3v) is 3.62. The van der Waals surface area contributed by atoms with Crippen LogP contribution < -0.4 is 16.8 Å². The first-order valence-electron chi connectivity index (χ1n) is 7.04. The minimum Gasteiger partial charge on any atom is -0.458 e. The number of rotatable bonds is 8. The van der Waals surface area contributed by atoms with Crippen LogP contribution in [0.4, 0.5) is 5.13 Å². The van der Waals surface area contributed by atoms with Gasteiger partial charge in [-0.15, -0.1) is 11.3 Å². The fourth-order valence-corrected chi connectivity index (χ4v) is 2.56. The number of guanidine groups is 1. The smallest absolute Gasteiger partial charge is 0.212 e. The Morgan fingerprint density at radius 2 is 2.24 bits per heavy atom. The molecule has 0 amide bonds. The highest BCUT2D eigenvalue weighted by Gasteiger charge is 2.09. The van der Waals surface area contributed by atoms with Gasteiger partial charge in [-0.1, -0.05) is 19.8 Å². The zero-order valence-electron chi connectivity index (χ0n) is 12.1. The van der Waals surface area contributed by atoms with Crippen molar-refractivity contribution in [1.82, 2.24) is 10.3 Å². The molecule has 5 N–H and O–H groups in total. The van der Waals surface area contributed by atoms with Crippen LogP contribution in [-0.4, -0.2) is 17.5 Å². The van der Waals surface area contributed by atoms with E-state index >= 15 is 0 Å². The van der Waals surface area contributed by atoms with Gasteiger partial charge >= 0.3 is 0 Å². The van der Waals surface area contributed by atoms with Gasteiger partial charge in [0.25, 0.3) is 0 Å². The van der Waals surface area contributed by atoms with Gasteiger partial charge in [0.15, 0.2) is 11.7 Å². The maximum atomic E-state index is 5.77. The van der Waals surface area contributed by atoms with Crippen molar-refractivity contribution in [2.24, 2.45) is 16.5 Å². The molecule has 2 heterocycles. The summed E-state index contributed by atoms with van der Waals surface area (Å²) < 4.78 is 5.77. The molecule has 0 fully saturated rings. The van der Waals surface area contributed by atoms with Crippen LogP contribution in [0.3, 0.4) is 0 Å². The molecule has 0 radical (unpaired) electrons. The summed E-state index contributed by atoms with van der Waals surface area (Å²) in [5.74, 6) is 1.64. The van der Waals surface area contributed by atoms with Crippen LogP contribution in [0.25, 0.3) is 11.5 Å². The average molecular weight is 307 g/mol. The Balaban J connectivity index is 1.90. The predicted molar refractivity (Wildman–Crippen MR) is 86.5 cm³/mol. The Labute approximate surface area is 128 Å². The number of aromatic nitrogens is 1. The summed E-state index contributed by atoms with van der Waals surface area (Å²) in [4.78, 5) is 8.23. The van der Waals surface area contributed by atoms with E-state index in [-0.39, 0.29) is 5.96 Å². The minimum absolute atomic E-state index is 0.00677. The first kappa shape index (κ1) is 15.5. The normalized spacial score (nSPS) is 10.7. The zero-order chi connectivity index (χ0) is 15.1. The molecular formula is C14H21N5OS. The van der Waals surface area contributed by atoms with E-state index in [1.807, 2.05) is 17.5 Å². The van der Waals surface area contributed by atoms with Gasteiger partial charge in [-0.05, 0) is 25.1 Å². The molecule has 2 aromatic heterocycles. The Morgan fingerprint density at radius 3 is 3.00 bits per heavy atom. The second-order valence-corrected chi connectivity index (χ2v) is 5.54. The standard InChI is InChI=1S/C14H21N5OS/c1-2-3-4-7-17-8-10-5-6-12(20-10)11-9-21-14(18-11)19-13(15)16/h5-6,9,17H,2-4,7-8H2,1H3,(H4,15,16,18,19). The van der Waals surface area contributed by atoms with Crippen LogP contribution in [0, 0.1) is 0 Å². The van der Waals surface area contributed by atoms with Crippen molar-refractivity contribution in [2.45, 2.75) is 32.7 Å². The first-order chi connectivity index (χ1) is 10.2. The third kappa shape index (κ3) is 4.87. The van der Waals surface area contributed by atoms with Crippen molar-refractivity contribution in [1.29, 1.82) is 0 Å². The Morgan fingerprint density at radius 1 is 1.38 bits per heavy atom. The molecule has 0 bridgehead atoms. The molecule has 0 aromatic carbocycles. The highest BCUT2D eigenvalue weighted by molar-refractivity contribution is 7.13.